The first-order valence-electron chi connectivity index (χ1n) is 6.80. The van der Waals surface area contributed by atoms with Gasteiger partial charge >= 0.3 is 0 Å². The number of rotatable bonds is 6. The zero-order chi connectivity index (χ0) is 19.3. The smallest absolute Gasteiger partial charge is 0.275 e. The third-order valence-corrected chi connectivity index (χ3v) is 2.88. The standard InChI is InChI=1S/C15H10F2N6O3/c16-8-1-2-14(12(17)3-8)26-11-5-9(4-10(6-11)23(24)25)21-22-13(7-18)15(19)20/h1-6,21H,(H3,19,20)/b22-13+. The number of hydrazone groups is 1. The van der Waals surface area contributed by atoms with E-state index < -0.39 is 33.8 Å². The van der Waals surface area contributed by atoms with Crippen molar-refractivity contribution in [1.29, 1.82) is 10.7 Å². The fraction of sp³-hybridized carbons (Fsp3) is 0. The Morgan fingerprint density at radius 1 is 1.35 bits per heavy atom. The topological polar surface area (TPSA) is 150 Å². The molecule has 0 unspecified atom stereocenters. The molecule has 0 aliphatic rings. The van der Waals surface area contributed by atoms with E-state index in [1.54, 1.807) is 6.07 Å². The molecule has 2 rings (SSSR count). The van der Waals surface area contributed by atoms with Gasteiger partial charge < -0.3 is 10.5 Å². The van der Waals surface area contributed by atoms with Crippen LogP contribution in [0.5, 0.6) is 11.5 Å². The molecular formula is C15H10F2N6O3. The first-order chi connectivity index (χ1) is 12.3. The summed E-state index contributed by atoms with van der Waals surface area (Å²) in [6, 6.07) is 7.48. The van der Waals surface area contributed by atoms with Crippen LogP contribution in [0, 0.1) is 38.5 Å². The lowest BCUT2D eigenvalue weighted by molar-refractivity contribution is -0.384. The van der Waals surface area contributed by atoms with Gasteiger partial charge in [-0.25, -0.2) is 8.78 Å². The monoisotopic (exact) mass is 360 g/mol. The number of non-ortho nitro benzene ring substituents is 1. The fourth-order valence-electron chi connectivity index (χ4n) is 1.76. The zero-order valence-corrected chi connectivity index (χ0v) is 12.9. The Morgan fingerprint density at radius 2 is 2.08 bits per heavy atom. The summed E-state index contributed by atoms with van der Waals surface area (Å²) < 4.78 is 31.8. The second-order valence-electron chi connectivity index (χ2n) is 4.75. The Morgan fingerprint density at radius 3 is 2.65 bits per heavy atom. The molecule has 0 saturated carbocycles. The summed E-state index contributed by atoms with van der Waals surface area (Å²) in [6.07, 6.45) is 0. The van der Waals surface area contributed by atoms with Crippen LogP contribution in [0.1, 0.15) is 0 Å². The molecule has 0 aliphatic carbocycles. The molecule has 0 radical (unpaired) electrons. The number of anilines is 1. The third kappa shape index (κ3) is 4.48. The summed E-state index contributed by atoms with van der Waals surface area (Å²) in [5.41, 5.74) is 6.63. The highest BCUT2D eigenvalue weighted by Crippen LogP contribution is 2.31. The largest absolute Gasteiger partial charge is 0.454 e. The van der Waals surface area contributed by atoms with Gasteiger partial charge in [-0.3, -0.25) is 20.9 Å². The molecule has 0 spiro atoms. The molecule has 0 bridgehead atoms. The Balaban J connectivity index is 2.38. The van der Waals surface area contributed by atoms with Crippen LogP contribution >= 0.6 is 0 Å². The first kappa shape index (κ1) is 18.3. The highest BCUT2D eigenvalue weighted by Gasteiger charge is 2.13. The number of benzene rings is 2. The lowest BCUT2D eigenvalue weighted by Gasteiger charge is -2.09. The van der Waals surface area contributed by atoms with Crippen molar-refractivity contribution in [2.75, 3.05) is 5.43 Å². The number of halogens is 2. The lowest BCUT2D eigenvalue weighted by atomic mass is 10.2. The maximum Gasteiger partial charge on any atom is 0.275 e. The molecule has 0 saturated heterocycles. The van der Waals surface area contributed by atoms with Crippen LogP contribution in [0.3, 0.4) is 0 Å². The molecular weight excluding hydrogens is 350 g/mol. The van der Waals surface area contributed by atoms with E-state index in [1.807, 2.05) is 0 Å². The number of nitrogens with zero attached hydrogens (tertiary/aromatic N) is 3. The number of hydrogen-bond donors (Lipinski definition) is 3. The summed E-state index contributed by atoms with van der Waals surface area (Å²) in [5, 5.41) is 30.5. The van der Waals surface area contributed by atoms with E-state index in [2.05, 4.69) is 10.5 Å². The summed E-state index contributed by atoms with van der Waals surface area (Å²) in [4.78, 5) is 10.3. The lowest BCUT2D eigenvalue weighted by Crippen LogP contribution is -2.21. The molecule has 0 aromatic heterocycles. The van der Waals surface area contributed by atoms with Crippen LogP contribution in [-0.4, -0.2) is 16.5 Å². The van der Waals surface area contributed by atoms with Crippen LogP contribution in [0.2, 0.25) is 0 Å². The van der Waals surface area contributed by atoms with E-state index in [0.717, 1.165) is 24.3 Å². The average Bonchev–Trinajstić information content (AvgIpc) is 2.57. The van der Waals surface area contributed by atoms with E-state index >= 15 is 0 Å². The molecule has 11 heteroatoms. The number of amidine groups is 1. The minimum absolute atomic E-state index is 0.0192. The number of nitrogens with two attached hydrogens (primary N) is 1. The minimum Gasteiger partial charge on any atom is -0.454 e. The minimum atomic E-state index is -0.993. The van der Waals surface area contributed by atoms with E-state index in [0.29, 0.717) is 6.07 Å². The van der Waals surface area contributed by atoms with Crippen molar-refractivity contribution in [3.05, 3.63) is 58.1 Å². The molecule has 0 amide bonds. The highest BCUT2D eigenvalue weighted by molar-refractivity contribution is 6.45. The normalized spacial score (nSPS) is 10.7. The van der Waals surface area contributed by atoms with E-state index in [-0.39, 0.29) is 17.2 Å². The SMILES string of the molecule is N#C/C(=N\Nc1cc(Oc2ccc(F)cc2F)cc([N+](=O)[O-])c1)C(=N)N. The molecule has 0 aliphatic heterocycles. The van der Waals surface area contributed by atoms with Crippen LogP contribution in [-0.2, 0) is 0 Å². The second-order valence-corrected chi connectivity index (χ2v) is 4.75. The summed E-state index contributed by atoms with van der Waals surface area (Å²) >= 11 is 0. The van der Waals surface area contributed by atoms with Crippen molar-refractivity contribution in [1.82, 2.24) is 0 Å². The molecule has 2 aromatic rings. The molecule has 0 fully saturated rings. The summed E-state index contributed by atoms with van der Waals surface area (Å²) in [7, 11) is 0. The van der Waals surface area contributed by atoms with Gasteiger partial charge in [0.25, 0.3) is 5.69 Å². The third-order valence-electron chi connectivity index (χ3n) is 2.88. The number of ether oxygens (including phenoxy) is 1. The Bertz CT molecular complexity index is 955. The van der Waals surface area contributed by atoms with Gasteiger partial charge in [-0.05, 0) is 12.1 Å². The van der Waals surface area contributed by atoms with Gasteiger partial charge in [-0.15, -0.1) is 0 Å². The van der Waals surface area contributed by atoms with Gasteiger partial charge in [0.2, 0.25) is 5.71 Å². The van der Waals surface area contributed by atoms with E-state index in [4.69, 9.17) is 21.1 Å². The molecule has 26 heavy (non-hydrogen) atoms. The fourth-order valence-corrected chi connectivity index (χ4v) is 1.76. The number of hydrogen-bond acceptors (Lipinski definition) is 7. The second kappa shape index (κ2) is 7.67. The molecule has 0 atom stereocenters. The van der Waals surface area contributed by atoms with Crippen molar-refractivity contribution in [2.24, 2.45) is 10.8 Å². The van der Waals surface area contributed by atoms with Crippen molar-refractivity contribution in [3.63, 3.8) is 0 Å². The number of nitro groups is 1. The van der Waals surface area contributed by atoms with Crippen molar-refractivity contribution < 1.29 is 18.4 Å². The zero-order valence-electron chi connectivity index (χ0n) is 12.9. The van der Waals surface area contributed by atoms with E-state index in [1.165, 1.54) is 6.07 Å². The van der Waals surface area contributed by atoms with Crippen LogP contribution in [0.15, 0.2) is 41.5 Å². The van der Waals surface area contributed by atoms with Gasteiger partial charge in [0.05, 0.1) is 16.7 Å². The van der Waals surface area contributed by atoms with Crippen LogP contribution in [0.25, 0.3) is 0 Å². The molecule has 4 N–H and O–H groups in total. The van der Waals surface area contributed by atoms with Gasteiger partial charge in [-0.2, -0.15) is 10.4 Å². The van der Waals surface area contributed by atoms with Crippen molar-refractivity contribution >= 4 is 22.9 Å². The summed E-state index contributed by atoms with van der Waals surface area (Å²) in [5.74, 6) is -2.88. The average molecular weight is 360 g/mol. The quantitative estimate of drug-likeness (QED) is 0.312. The van der Waals surface area contributed by atoms with Crippen molar-refractivity contribution in [3.8, 4) is 17.6 Å². The van der Waals surface area contributed by atoms with Crippen LogP contribution < -0.4 is 15.9 Å². The van der Waals surface area contributed by atoms with Crippen LogP contribution in [0.4, 0.5) is 20.2 Å². The van der Waals surface area contributed by atoms with E-state index in [9.17, 15) is 18.9 Å². The number of nitro benzene ring substituents is 1. The maximum absolute atomic E-state index is 13.7. The molecule has 2 aromatic carbocycles. The predicted molar refractivity (Wildman–Crippen MR) is 88.1 cm³/mol. The Labute approximate surface area is 145 Å². The highest BCUT2D eigenvalue weighted by atomic mass is 19.1. The molecule has 0 heterocycles. The first-order valence-corrected chi connectivity index (χ1v) is 6.80. The van der Waals surface area contributed by atoms with Gasteiger partial charge in [0.1, 0.15) is 17.6 Å². The van der Waals surface area contributed by atoms with Crippen molar-refractivity contribution in [2.45, 2.75) is 0 Å². The summed E-state index contributed by atoms with van der Waals surface area (Å²) in [6.45, 7) is 0. The Kier molecular flexibility index (Phi) is 5.39. The van der Waals surface area contributed by atoms with Gasteiger partial charge in [0.15, 0.2) is 17.4 Å². The number of nitriles is 1. The Hall–Kier alpha value is -4.07. The van der Waals surface area contributed by atoms with Gasteiger partial charge in [-0.1, -0.05) is 0 Å². The number of nitrogens with one attached hydrogen (secondary N) is 2. The predicted octanol–water partition coefficient (Wildman–Crippen LogP) is 2.89. The van der Waals surface area contributed by atoms with Gasteiger partial charge in [0, 0.05) is 18.2 Å². The molecule has 9 nitrogen and oxygen atoms in total. The molecule has 132 valence electrons. The maximum atomic E-state index is 13.7.